The van der Waals surface area contributed by atoms with Crippen molar-refractivity contribution in [2.75, 3.05) is 5.32 Å². The van der Waals surface area contributed by atoms with Gasteiger partial charge in [0, 0.05) is 11.6 Å². The highest BCUT2D eigenvalue weighted by molar-refractivity contribution is 6.04. The number of amides is 1. The van der Waals surface area contributed by atoms with Gasteiger partial charge in [-0.15, -0.1) is 0 Å². The first kappa shape index (κ1) is 14.8. The topological polar surface area (TPSA) is 49.3 Å². The van der Waals surface area contributed by atoms with Crippen LogP contribution in [0.2, 0.25) is 0 Å². The number of phenolic OH excluding ortho intramolecular Hbond substituents is 1. The summed E-state index contributed by atoms with van der Waals surface area (Å²) in [5.41, 5.74) is -0.883. The monoisotopic (exact) mass is 299 g/mol. The normalized spacial score (nSPS) is 10.5. The van der Waals surface area contributed by atoms with Crippen molar-refractivity contribution >= 4 is 11.6 Å². The molecule has 21 heavy (non-hydrogen) atoms. The highest BCUT2D eigenvalue weighted by Crippen LogP contribution is 2.25. The van der Waals surface area contributed by atoms with E-state index in [-0.39, 0.29) is 17.4 Å². The minimum Gasteiger partial charge on any atom is -0.508 e. The largest absolute Gasteiger partial charge is 0.508 e. The molecule has 7 heteroatoms. The van der Waals surface area contributed by atoms with Gasteiger partial charge in [0.1, 0.15) is 11.4 Å². The smallest absolute Gasteiger partial charge is 0.255 e. The molecule has 0 saturated carbocycles. The molecule has 0 aromatic heterocycles. The van der Waals surface area contributed by atoms with E-state index in [9.17, 15) is 27.5 Å². The summed E-state index contributed by atoms with van der Waals surface area (Å²) >= 11 is 0. The summed E-state index contributed by atoms with van der Waals surface area (Å²) < 4.78 is 52.9. The molecule has 0 aliphatic heterocycles. The lowest BCUT2D eigenvalue weighted by atomic mass is 10.1. The maximum atomic E-state index is 13.4. The zero-order chi connectivity index (χ0) is 15.7. The molecular formula is C14H9F4NO2. The van der Waals surface area contributed by atoms with Crippen molar-refractivity contribution in [1.29, 1.82) is 0 Å². The zero-order valence-electron chi connectivity index (χ0n) is 10.7. The summed E-state index contributed by atoms with van der Waals surface area (Å²) in [5, 5.41) is 11.1. The number of anilines is 1. The molecule has 0 aliphatic rings. The molecule has 2 aromatic rings. The van der Waals surface area contributed by atoms with E-state index in [0.717, 1.165) is 0 Å². The van der Waals surface area contributed by atoms with Crippen LogP contribution in [0.3, 0.4) is 0 Å². The van der Waals surface area contributed by atoms with E-state index in [1.54, 1.807) is 5.32 Å². The van der Waals surface area contributed by atoms with Crippen LogP contribution in [-0.4, -0.2) is 11.0 Å². The van der Waals surface area contributed by atoms with Crippen LogP contribution in [0.15, 0.2) is 24.3 Å². The van der Waals surface area contributed by atoms with Gasteiger partial charge in [0.05, 0.1) is 0 Å². The molecule has 0 unspecified atom stereocenters. The third-order valence-corrected chi connectivity index (χ3v) is 2.81. The number of hydrogen-bond acceptors (Lipinski definition) is 2. The van der Waals surface area contributed by atoms with E-state index >= 15 is 0 Å². The van der Waals surface area contributed by atoms with Gasteiger partial charge in [0.2, 0.25) is 0 Å². The number of phenols is 1. The molecule has 1 amide bonds. The molecule has 0 radical (unpaired) electrons. The van der Waals surface area contributed by atoms with Gasteiger partial charge in [-0.2, -0.15) is 0 Å². The van der Waals surface area contributed by atoms with Crippen LogP contribution in [0.4, 0.5) is 23.2 Å². The van der Waals surface area contributed by atoms with Gasteiger partial charge in [0.15, 0.2) is 23.3 Å². The number of carbonyl (C=O) groups is 1. The minimum atomic E-state index is -1.70. The number of halogens is 4. The van der Waals surface area contributed by atoms with Gasteiger partial charge in [-0.05, 0) is 30.7 Å². The number of nitrogens with one attached hydrogen (secondary N) is 1. The summed E-state index contributed by atoms with van der Waals surface area (Å²) in [6, 6.07) is 3.72. The molecule has 0 aliphatic carbocycles. The second-order valence-corrected chi connectivity index (χ2v) is 4.30. The van der Waals surface area contributed by atoms with Crippen LogP contribution < -0.4 is 5.32 Å². The standard InChI is InChI=1S/C14H9F4NO2/c1-6-4-7(2-3-10(6)20)14(21)19-13-11(17)8(15)5-9(16)12(13)18/h2-5,20H,1H3,(H,19,21). The lowest BCUT2D eigenvalue weighted by molar-refractivity contribution is 0.102. The van der Waals surface area contributed by atoms with Crippen LogP contribution in [-0.2, 0) is 0 Å². The zero-order valence-corrected chi connectivity index (χ0v) is 10.7. The van der Waals surface area contributed by atoms with E-state index in [2.05, 4.69) is 0 Å². The van der Waals surface area contributed by atoms with Crippen molar-refractivity contribution in [1.82, 2.24) is 0 Å². The molecular weight excluding hydrogens is 290 g/mol. The molecule has 0 heterocycles. The molecule has 0 spiro atoms. The second kappa shape index (κ2) is 5.43. The van der Waals surface area contributed by atoms with Crippen molar-refractivity contribution in [3.63, 3.8) is 0 Å². The van der Waals surface area contributed by atoms with E-state index in [1.165, 1.54) is 25.1 Å². The highest BCUT2D eigenvalue weighted by atomic mass is 19.2. The van der Waals surface area contributed by atoms with E-state index in [4.69, 9.17) is 0 Å². The Hall–Kier alpha value is -2.57. The van der Waals surface area contributed by atoms with E-state index in [0.29, 0.717) is 5.56 Å². The fourth-order valence-electron chi connectivity index (χ4n) is 1.67. The van der Waals surface area contributed by atoms with E-state index in [1.807, 2.05) is 0 Å². The Balaban J connectivity index is 2.38. The molecule has 0 bridgehead atoms. The minimum absolute atomic E-state index is 0.0335. The molecule has 2 N–H and O–H groups in total. The van der Waals surface area contributed by atoms with Gasteiger partial charge in [0.25, 0.3) is 5.91 Å². The first-order valence-corrected chi connectivity index (χ1v) is 5.75. The van der Waals surface area contributed by atoms with Crippen LogP contribution >= 0.6 is 0 Å². The third kappa shape index (κ3) is 2.81. The van der Waals surface area contributed by atoms with Crippen molar-refractivity contribution < 1.29 is 27.5 Å². The number of hydrogen-bond donors (Lipinski definition) is 2. The van der Waals surface area contributed by atoms with Gasteiger partial charge in [-0.25, -0.2) is 17.6 Å². The third-order valence-electron chi connectivity index (χ3n) is 2.81. The average Bonchev–Trinajstić information content (AvgIpc) is 2.44. The fraction of sp³-hybridized carbons (Fsp3) is 0.0714. The van der Waals surface area contributed by atoms with Crippen LogP contribution in [0.25, 0.3) is 0 Å². The predicted molar refractivity (Wildman–Crippen MR) is 67.1 cm³/mol. The predicted octanol–water partition coefficient (Wildman–Crippen LogP) is 3.51. The van der Waals surface area contributed by atoms with E-state index < -0.39 is 34.9 Å². The van der Waals surface area contributed by atoms with Gasteiger partial charge in [-0.1, -0.05) is 0 Å². The van der Waals surface area contributed by atoms with Crippen molar-refractivity contribution in [2.45, 2.75) is 6.92 Å². The Labute approximate surface area is 116 Å². The lowest BCUT2D eigenvalue weighted by Crippen LogP contribution is -2.16. The number of carbonyl (C=O) groups excluding carboxylic acids is 1. The van der Waals surface area contributed by atoms with Gasteiger partial charge < -0.3 is 10.4 Å². The van der Waals surface area contributed by atoms with Gasteiger partial charge in [-0.3, -0.25) is 4.79 Å². The highest BCUT2D eigenvalue weighted by Gasteiger charge is 2.21. The second-order valence-electron chi connectivity index (χ2n) is 4.30. The number of rotatable bonds is 2. The number of aryl methyl sites for hydroxylation is 1. The molecule has 0 fully saturated rings. The molecule has 0 atom stereocenters. The van der Waals surface area contributed by atoms with Crippen molar-refractivity contribution in [2.24, 2.45) is 0 Å². The molecule has 2 rings (SSSR count). The van der Waals surface area contributed by atoms with Crippen LogP contribution in [0.5, 0.6) is 5.75 Å². The lowest BCUT2D eigenvalue weighted by Gasteiger charge is -2.09. The van der Waals surface area contributed by atoms with Gasteiger partial charge >= 0.3 is 0 Å². The summed E-state index contributed by atoms with van der Waals surface area (Å²) in [7, 11) is 0. The fourth-order valence-corrected chi connectivity index (χ4v) is 1.67. The summed E-state index contributed by atoms with van der Waals surface area (Å²) in [6.07, 6.45) is 0. The Morgan fingerprint density at radius 1 is 1.05 bits per heavy atom. The maximum absolute atomic E-state index is 13.4. The molecule has 0 saturated heterocycles. The van der Waals surface area contributed by atoms with Crippen molar-refractivity contribution in [3.05, 3.63) is 58.7 Å². The Bertz CT molecular complexity index is 705. The first-order chi connectivity index (χ1) is 9.81. The first-order valence-electron chi connectivity index (χ1n) is 5.75. The number of benzene rings is 2. The molecule has 2 aromatic carbocycles. The average molecular weight is 299 g/mol. The Morgan fingerprint density at radius 3 is 2.14 bits per heavy atom. The SMILES string of the molecule is Cc1cc(C(=O)Nc2c(F)c(F)cc(F)c2F)ccc1O. The summed E-state index contributed by atoms with van der Waals surface area (Å²) in [5.74, 6) is -7.67. The molecule has 110 valence electrons. The van der Waals surface area contributed by atoms with Crippen molar-refractivity contribution in [3.8, 4) is 5.75 Å². The summed E-state index contributed by atoms with van der Waals surface area (Å²) in [4.78, 5) is 11.8. The number of aromatic hydroxyl groups is 1. The summed E-state index contributed by atoms with van der Waals surface area (Å²) in [6.45, 7) is 1.51. The van der Waals surface area contributed by atoms with Crippen LogP contribution in [0, 0.1) is 30.2 Å². The Morgan fingerprint density at radius 2 is 1.62 bits per heavy atom. The maximum Gasteiger partial charge on any atom is 0.255 e. The Kier molecular flexibility index (Phi) is 3.84. The quantitative estimate of drug-likeness (QED) is 0.658. The van der Waals surface area contributed by atoms with Crippen LogP contribution in [0.1, 0.15) is 15.9 Å². The molecule has 3 nitrogen and oxygen atoms in total.